The van der Waals surface area contributed by atoms with Crippen LogP contribution < -0.4 is 4.72 Å². The van der Waals surface area contributed by atoms with Crippen LogP contribution in [-0.2, 0) is 10.0 Å². The Morgan fingerprint density at radius 2 is 1.94 bits per heavy atom. The van der Waals surface area contributed by atoms with Crippen molar-refractivity contribution in [3.63, 3.8) is 0 Å². The van der Waals surface area contributed by atoms with Gasteiger partial charge in [0.15, 0.2) is 0 Å². The highest BCUT2D eigenvalue weighted by atomic mass is 79.9. The number of hydrogen-bond acceptors (Lipinski definition) is 3. The Morgan fingerprint density at radius 1 is 1.38 bits per heavy atom. The van der Waals surface area contributed by atoms with Crippen LogP contribution in [-0.4, -0.2) is 26.5 Å². The molecule has 3 nitrogen and oxygen atoms in total. The van der Waals surface area contributed by atoms with Crippen LogP contribution in [0, 0.1) is 0 Å². The van der Waals surface area contributed by atoms with E-state index in [2.05, 4.69) is 20.7 Å². The minimum absolute atomic E-state index is 0.269. The Labute approximate surface area is 109 Å². The van der Waals surface area contributed by atoms with Gasteiger partial charge >= 0.3 is 0 Å². The van der Waals surface area contributed by atoms with Gasteiger partial charge in [0.1, 0.15) is 0 Å². The number of hydrogen-bond donors (Lipinski definition) is 1. The van der Waals surface area contributed by atoms with Crippen molar-refractivity contribution in [1.82, 2.24) is 4.72 Å². The van der Waals surface area contributed by atoms with Gasteiger partial charge in [-0.1, -0.05) is 22.9 Å². The first-order valence-corrected chi connectivity index (χ1v) is 8.30. The Balaban J connectivity index is 2.74. The second-order valence-corrected chi connectivity index (χ2v) is 7.31. The van der Waals surface area contributed by atoms with E-state index in [1.165, 1.54) is 0 Å². The summed E-state index contributed by atoms with van der Waals surface area (Å²) in [7, 11) is -3.37. The summed E-state index contributed by atoms with van der Waals surface area (Å²) in [6.45, 7) is 2.42. The second kappa shape index (κ2) is 6.05. The first-order chi connectivity index (χ1) is 7.45. The highest BCUT2D eigenvalue weighted by Gasteiger charge is 2.14. The first-order valence-electron chi connectivity index (χ1n) is 4.74. The fourth-order valence-electron chi connectivity index (χ4n) is 1.01. The molecule has 0 spiro atoms. The average Bonchev–Trinajstić information content (AvgIpc) is 2.26. The molecule has 1 aromatic rings. The lowest BCUT2D eigenvalue weighted by Gasteiger charge is -2.10. The highest BCUT2D eigenvalue weighted by Crippen LogP contribution is 2.14. The van der Waals surface area contributed by atoms with E-state index in [0.29, 0.717) is 11.4 Å². The molecular weight excluding hydrogens is 310 g/mol. The average molecular weight is 324 g/mol. The van der Waals surface area contributed by atoms with E-state index in [1.807, 2.05) is 13.2 Å². The summed E-state index contributed by atoms with van der Waals surface area (Å²) in [4.78, 5) is 0.295. The number of nitrogens with one attached hydrogen (secondary N) is 1. The van der Waals surface area contributed by atoms with Crippen LogP contribution in [0.2, 0.25) is 0 Å². The van der Waals surface area contributed by atoms with Gasteiger partial charge in [-0.3, -0.25) is 0 Å². The maximum absolute atomic E-state index is 11.8. The molecule has 0 radical (unpaired) electrons. The van der Waals surface area contributed by atoms with Gasteiger partial charge in [0.25, 0.3) is 0 Å². The summed E-state index contributed by atoms with van der Waals surface area (Å²) >= 11 is 4.90. The molecule has 0 aliphatic carbocycles. The van der Waals surface area contributed by atoms with Crippen LogP contribution in [0.25, 0.3) is 0 Å². The summed E-state index contributed by atoms with van der Waals surface area (Å²) in [6, 6.07) is 6.59. The molecule has 0 aliphatic heterocycles. The highest BCUT2D eigenvalue weighted by molar-refractivity contribution is 9.10. The van der Waals surface area contributed by atoms with Crippen LogP contribution in [0.4, 0.5) is 0 Å². The summed E-state index contributed by atoms with van der Waals surface area (Å²) in [6.07, 6.45) is 1.96. The molecule has 0 fully saturated rings. The van der Waals surface area contributed by atoms with E-state index in [9.17, 15) is 8.42 Å². The zero-order valence-electron chi connectivity index (χ0n) is 9.10. The molecule has 1 unspecified atom stereocenters. The van der Waals surface area contributed by atoms with Gasteiger partial charge in [0, 0.05) is 16.3 Å². The normalized spacial score (nSPS) is 13.7. The molecule has 1 atom stereocenters. The maximum atomic E-state index is 11.8. The molecule has 0 saturated carbocycles. The Bertz CT molecular complexity index is 431. The van der Waals surface area contributed by atoms with Gasteiger partial charge in [0.05, 0.1) is 4.90 Å². The summed E-state index contributed by atoms with van der Waals surface area (Å²) in [5.41, 5.74) is 0. The van der Waals surface area contributed by atoms with E-state index >= 15 is 0 Å². The molecule has 90 valence electrons. The van der Waals surface area contributed by atoms with Crippen LogP contribution in [0.15, 0.2) is 33.6 Å². The lowest BCUT2D eigenvalue weighted by Crippen LogP contribution is -2.29. The van der Waals surface area contributed by atoms with Crippen molar-refractivity contribution < 1.29 is 8.42 Å². The summed E-state index contributed by atoms with van der Waals surface area (Å²) in [5, 5.41) is 0.269. The molecule has 0 amide bonds. The maximum Gasteiger partial charge on any atom is 0.240 e. The molecule has 1 N–H and O–H groups in total. The fraction of sp³-hybridized carbons (Fsp3) is 0.400. The quantitative estimate of drug-likeness (QED) is 0.905. The van der Waals surface area contributed by atoms with Gasteiger partial charge in [0.2, 0.25) is 10.0 Å². The zero-order valence-corrected chi connectivity index (χ0v) is 12.3. The third-order valence-electron chi connectivity index (χ3n) is 2.09. The predicted molar refractivity (Wildman–Crippen MR) is 72.3 cm³/mol. The molecular formula is C10H14BrNO2S2. The van der Waals surface area contributed by atoms with Crippen molar-refractivity contribution in [3.05, 3.63) is 28.7 Å². The molecule has 6 heteroatoms. The van der Waals surface area contributed by atoms with E-state index in [-0.39, 0.29) is 5.25 Å². The Hall–Kier alpha value is -0.0400. The van der Waals surface area contributed by atoms with Gasteiger partial charge in [-0.05, 0) is 30.5 Å². The number of sulfonamides is 1. The minimum atomic E-state index is -3.37. The number of rotatable bonds is 5. The monoisotopic (exact) mass is 323 g/mol. The van der Waals surface area contributed by atoms with Crippen molar-refractivity contribution in [2.45, 2.75) is 17.1 Å². The predicted octanol–water partition coefficient (Wildman–Crippen LogP) is 2.48. The molecule has 0 bridgehead atoms. The fourth-order valence-corrected chi connectivity index (χ4v) is 2.76. The van der Waals surface area contributed by atoms with Crippen molar-refractivity contribution in [1.29, 1.82) is 0 Å². The lowest BCUT2D eigenvalue weighted by molar-refractivity contribution is 0.581. The van der Waals surface area contributed by atoms with Gasteiger partial charge in [-0.15, -0.1) is 0 Å². The standard InChI is InChI=1S/C10H14BrNO2S2/c1-8(15-2)7-12-16(13,14)10-5-3-9(11)4-6-10/h3-6,8,12H,7H2,1-2H3. The SMILES string of the molecule is CSC(C)CNS(=O)(=O)c1ccc(Br)cc1. The Kier molecular flexibility index (Phi) is 5.30. The molecule has 1 rings (SSSR count). The van der Waals surface area contributed by atoms with Crippen LogP contribution in [0.3, 0.4) is 0 Å². The smallest absolute Gasteiger partial charge is 0.210 e. The zero-order chi connectivity index (χ0) is 12.2. The van der Waals surface area contributed by atoms with E-state index in [4.69, 9.17) is 0 Å². The molecule has 0 aliphatic rings. The summed E-state index contributed by atoms with van der Waals surface area (Å²) in [5.74, 6) is 0. The van der Waals surface area contributed by atoms with Crippen molar-refractivity contribution in [2.24, 2.45) is 0 Å². The van der Waals surface area contributed by atoms with E-state index < -0.39 is 10.0 Å². The molecule has 0 heterocycles. The second-order valence-electron chi connectivity index (χ2n) is 3.35. The van der Waals surface area contributed by atoms with Crippen molar-refractivity contribution in [2.75, 3.05) is 12.8 Å². The number of benzene rings is 1. The van der Waals surface area contributed by atoms with E-state index in [0.717, 1.165) is 4.47 Å². The third-order valence-corrected chi connectivity index (χ3v) is 5.03. The van der Waals surface area contributed by atoms with Crippen molar-refractivity contribution >= 4 is 37.7 Å². The van der Waals surface area contributed by atoms with Gasteiger partial charge in [-0.25, -0.2) is 13.1 Å². The van der Waals surface area contributed by atoms with Crippen LogP contribution in [0.5, 0.6) is 0 Å². The topological polar surface area (TPSA) is 46.2 Å². The Morgan fingerprint density at radius 3 is 2.44 bits per heavy atom. The molecule has 0 aromatic heterocycles. The number of halogens is 1. The largest absolute Gasteiger partial charge is 0.240 e. The van der Waals surface area contributed by atoms with Crippen molar-refractivity contribution in [3.8, 4) is 0 Å². The molecule has 16 heavy (non-hydrogen) atoms. The summed E-state index contributed by atoms with van der Waals surface area (Å²) < 4.78 is 27.1. The molecule has 1 aromatic carbocycles. The van der Waals surface area contributed by atoms with E-state index in [1.54, 1.807) is 36.0 Å². The van der Waals surface area contributed by atoms with Gasteiger partial charge in [-0.2, -0.15) is 11.8 Å². The first kappa shape index (κ1) is 14.0. The lowest BCUT2D eigenvalue weighted by atomic mass is 10.4. The van der Waals surface area contributed by atoms with Gasteiger partial charge < -0.3 is 0 Å². The molecule has 0 saturated heterocycles. The third kappa shape index (κ3) is 4.08. The van der Waals surface area contributed by atoms with Crippen LogP contribution in [0.1, 0.15) is 6.92 Å². The number of thioether (sulfide) groups is 1. The van der Waals surface area contributed by atoms with Crippen LogP contribution >= 0.6 is 27.7 Å². The minimum Gasteiger partial charge on any atom is -0.210 e.